The molecule has 2 nitrogen and oxygen atoms in total. The Bertz CT molecular complexity index is 439. The molecule has 1 fully saturated rings. The Morgan fingerprint density at radius 3 is 2.65 bits per heavy atom. The van der Waals surface area contributed by atoms with Crippen LogP contribution in [0.3, 0.4) is 0 Å². The van der Waals surface area contributed by atoms with Crippen molar-refractivity contribution in [1.82, 2.24) is 5.32 Å². The molecule has 1 N–H and O–H groups in total. The molecule has 0 bridgehead atoms. The zero-order valence-electron chi connectivity index (χ0n) is 9.05. The summed E-state index contributed by atoms with van der Waals surface area (Å²) in [7, 11) is 0. The molecule has 2 atom stereocenters. The molecule has 1 aliphatic carbocycles. The van der Waals surface area contributed by atoms with Gasteiger partial charge in [0.15, 0.2) is 11.6 Å². The van der Waals surface area contributed by atoms with E-state index in [4.69, 9.17) is 11.6 Å². The van der Waals surface area contributed by atoms with Crippen molar-refractivity contribution in [3.8, 4) is 0 Å². The van der Waals surface area contributed by atoms with Crippen LogP contribution in [0, 0.1) is 11.6 Å². The highest BCUT2D eigenvalue weighted by atomic mass is 35.5. The quantitative estimate of drug-likeness (QED) is 0.813. The van der Waals surface area contributed by atoms with Crippen molar-refractivity contribution in [1.29, 1.82) is 0 Å². The lowest BCUT2D eigenvalue weighted by molar-refractivity contribution is 0.0938. The summed E-state index contributed by atoms with van der Waals surface area (Å²) in [4.78, 5) is 11.8. The van der Waals surface area contributed by atoms with Crippen molar-refractivity contribution in [2.75, 3.05) is 0 Å². The van der Waals surface area contributed by atoms with E-state index in [1.54, 1.807) is 0 Å². The second kappa shape index (κ2) is 5.00. The molecule has 0 spiro atoms. The van der Waals surface area contributed by atoms with E-state index in [-0.39, 0.29) is 17.0 Å². The van der Waals surface area contributed by atoms with Crippen molar-refractivity contribution >= 4 is 17.5 Å². The second-order valence-electron chi connectivity index (χ2n) is 4.16. The Balaban J connectivity index is 2.06. The molecule has 1 aromatic rings. The fourth-order valence-electron chi connectivity index (χ4n) is 1.97. The molecule has 17 heavy (non-hydrogen) atoms. The first-order valence-corrected chi connectivity index (χ1v) is 5.91. The minimum atomic E-state index is -1.02. The number of nitrogens with one attached hydrogen (secondary N) is 1. The second-order valence-corrected chi connectivity index (χ2v) is 4.72. The van der Waals surface area contributed by atoms with Gasteiger partial charge < -0.3 is 5.32 Å². The fraction of sp³-hybridized carbons (Fsp3) is 0.417. The van der Waals surface area contributed by atoms with E-state index in [2.05, 4.69) is 5.32 Å². The molecule has 1 aromatic carbocycles. The molecule has 1 aliphatic rings. The average Bonchev–Trinajstić information content (AvgIpc) is 2.68. The Kier molecular flexibility index (Phi) is 3.62. The smallest absolute Gasteiger partial charge is 0.251 e. The molecule has 92 valence electrons. The van der Waals surface area contributed by atoms with Crippen LogP contribution in [0.5, 0.6) is 0 Å². The van der Waals surface area contributed by atoms with Gasteiger partial charge in [0.25, 0.3) is 5.91 Å². The highest BCUT2D eigenvalue weighted by Gasteiger charge is 2.27. The monoisotopic (exact) mass is 259 g/mol. The maximum atomic E-state index is 12.9. The van der Waals surface area contributed by atoms with E-state index >= 15 is 0 Å². The maximum Gasteiger partial charge on any atom is 0.251 e. The molecule has 0 aromatic heterocycles. The molecule has 1 saturated carbocycles. The number of alkyl halides is 1. The Hall–Kier alpha value is -1.16. The summed E-state index contributed by atoms with van der Waals surface area (Å²) < 4.78 is 25.6. The number of carbonyl (C=O) groups is 1. The molecular weight excluding hydrogens is 248 g/mol. The zero-order chi connectivity index (χ0) is 12.4. The van der Waals surface area contributed by atoms with E-state index in [0.717, 1.165) is 31.4 Å². The molecular formula is C12H12ClF2NO. The van der Waals surface area contributed by atoms with Crippen LogP contribution in [-0.4, -0.2) is 17.3 Å². The summed E-state index contributed by atoms with van der Waals surface area (Å²) in [5.41, 5.74) is 0.111. The Labute approximate surface area is 103 Å². The topological polar surface area (TPSA) is 29.1 Å². The molecule has 1 amide bonds. The Morgan fingerprint density at radius 2 is 2.06 bits per heavy atom. The van der Waals surface area contributed by atoms with E-state index < -0.39 is 17.5 Å². The molecule has 2 rings (SSSR count). The third-order valence-corrected chi connectivity index (χ3v) is 3.45. The van der Waals surface area contributed by atoms with Gasteiger partial charge >= 0.3 is 0 Å². The molecule has 0 radical (unpaired) electrons. The maximum absolute atomic E-state index is 12.9. The van der Waals surface area contributed by atoms with Crippen molar-refractivity contribution in [2.45, 2.75) is 30.7 Å². The van der Waals surface area contributed by atoms with Crippen LogP contribution < -0.4 is 5.32 Å². The molecule has 0 saturated heterocycles. The summed E-state index contributed by atoms with van der Waals surface area (Å²) >= 11 is 6.02. The predicted octanol–water partition coefficient (Wildman–Crippen LogP) is 2.85. The van der Waals surface area contributed by atoms with E-state index in [9.17, 15) is 13.6 Å². The van der Waals surface area contributed by atoms with Crippen LogP contribution in [0.4, 0.5) is 8.78 Å². The average molecular weight is 260 g/mol. The van der Waals surface area contributed by atoms with Gasteiger partial charge in [-0.05, 0) is 37.5 Å². The van der Waals surface area contributed by atoms with Gasteiger partial charge in [-0.3, -0.25) is 4.79 Å². The zero-order valence-corrected chi connectivity index (χ0v) is 9.81. The first-order chi connectivity index (χ1) is 8.08. The number of carbonyl (C=O) groups excluding carboxylic acids is 1. The number of benzene rings is 1. The number of rotatable bonds is 2. The van der Waals surface area contributed by atoms with Crippen LogP contribution in [0.1, 0.15) is 29.6 Å². The van der Waals surface area contributed by atoms with Gasteiger partial charge in [0.05, 0.1) is 5.38 Å². The number of halogens is 3. The summed E-state index contributed by atoms with van der Waals surface area (Å²) in [6.45, 7) is 0. The van der Waals surface area contributed by atoms with Crippen LogP contribution in [0.15, 0.2) is 18.2 Å². The van der Waals surface area contributed by atoms with E-state index in [1.165, 1.54) is 6.07 Å². The van der Waals surface area contributed by atoms with Crippen LogP contribution in [0.2, 0.25) is 0 Å². The minimum absolute atomic E-state index is 0.0794. The van der Waals surface area contributed by atoms with Crippen molar-refractivity contribution in [2.24, 2.45) is 0 Å². The van der Waals surface area contributed by atoms with Crippen LogP contribution in [0.25, 0.3) is 0 Å². The lowest BCUT2D eigenvalue weighted by atomic mass is 10.1. The summed E-state index contributed by atoms with van der Waals surface area (Å²) in [6, 6.07) is 3.00. The number of hydrogen-bond donors (Lipinski definition) is 1. The standard InChI is InChI=1S/C12H12ClF2NO/c13-8-2-1-3-11(8)16-12(17)7-4-5-9(14)10(15)6-7/h4-6,8,11H,1-3H2,(H,16,17). The van der Waals surface area contributed by atoms with Gasteiger partial charge in [-0.25, -0.2) is 8.78 Å². The van der Waals surface area contributed by atoms with Crippen molar-refractivity contribution < 1.29 is 13.6 Å². The molecule has 2 unspecified atom stereocenters. The van der Waals surface area contributed by atoms with Crippen molar-refractivity contribution in [3.05, 3.63) is 35.4 Å². The molecule has 5 heteroatoms. The normalized spacial score (nSPS) is 23.7. The first-order valence-electron chi connectivity index (χ1n) is 5.48. The fourth-order valence-corrected chi connectivity index (χ4v) is 2.31. The van der Waals surface area contributed by atoms with E-state index in [1.807, 2.05) is 0 Å². The summed E-state index contributed by atoms with van der Waals surface area (Å²) in [5.74, 6) is -2.40. The van der Waals surface area contributed by atoms with E-state index in [0.29, 0.717) is 0 Å². The highest BCUT2D eigenvalue weighted by molar-refractivity contribution is 6.21. The lowest BCUT2D eigenvalue weighted by Gasteiger charge is -2.15. The van der Waals surface area contributed by atoms with Crippen LogP contribution >= 0.6 is 11.6 Å². The van der Waals surface area contributed by atoms with Gasteiger partial charge in [-0.2, -0.15) is 0 Å². The van der Waals surface area contributed by atoms with Crippen molar-refractivity contribution in [3.63, 3.8) is 0 Å². The summed E-state index contributed by atoms with van der Waals surface area (Å²) in [5, 5.41) is 2.65. The third kappa shape index (κ3) is 2.75. The van der Waals surface area contributed by atoms with Gasteiger partial charge in [0.1, 0.15) is 0 Å². The lowest BCUT2D eigenvalue weighted by Crippen LogP contribution is -2.37. The predicted molar refractivity (Wildman–Crippen MR) is 61.1 cm³/mol. The van der Waals surface area contributed by atoms with Gasteiger partial charge in [0, 0.05) is 11.6 Å². The number of amides is 1. The molecule has 0 aliphatic heterocycles. The highest BCUT2D eigenvalue weighted by Crippen LogP contribution is 2.24. The third-order valence-electron chi connectivity index (χ3n) is 2.93. The Morgan fingerprint density at radius 1 is 1.29 bits per heavy atom. The van der Waals surface area contributed by atoms with Gasteiger partial charge in [-0.15, -0.1) is 11.6 Å². The van der Waals surface area contributed by atoms with Gasteiger partial charge in [0.2, 0.25) is 0 Å². The minimum Gasteiger partial charge on any atom is -0.348 e. The number of hydrogen-bond acceptors (Lipinski definition) is 1. The van der Waals surface area contributed by atoms with Crippen LogP contribution in [-0.2, 0) is 0 Å². The van der Waals surface area contributed by atoms with Gasteiger partial charge in [-0.1, -0.05) is 0 Å². The largest absolute Gasteiger partial charge is 0.348 e. The first kappa shape index (κ1) is 12.3. The summed E-state index contributed by atoms with van der Waals surface area (Å²) in [6.07, 6.45) is 2.66. The molecule has 0 heterocycles. The SMILES string of the molecule is O=C(NC1CCCC1Cl)c1ccc(F)c(F)c1.